The Kier molecular flexibility index (Phi) is 9.22. The van der Waals surface area contributed by atoms with Gasteiger partial charge in [-0.3, -0.25) is 9.80 Å². The monoisotopic (exact) mass is 396 g/mol. The maximum Gasteiger partial charge on any atom is 0.214 e. The number of rotatable bonds is 11. The van der Waals surface area contributed by atoms with Crippen LogP contribution in [0.1, 0.15) is 0 Å². The molecule has 0 heterocycles. The van der Waals surface area contributed by atoms with Gasteiger partial charge in [-0.25, -0.2) is 16.1 Å². The molecule has 9 N–H and O–H groups in total. The molecule has 0 radical (unpaired) electrons. The predicted octanol–water partition coefficient (Wildman–Crippen LogP) is -0.651. The molecule has 1 amide bonds. The van der Waals surface area contributed by atoms with E-state index in [9.17, 15) is 9.18 Å². The van der Waals surface area contributed by atoms with Gasteiger partial charge in [0.25, 0.3) is 0 Å². The van der Waals surface area contributed by atoms with E-state index in [4.69, 9.17) is 33.1 Å². The minimum absolute atomic E-state index is 0.00352. The van der Waals surface area contributed by atoms with Gasteiger partial charge in [0.1, 0.15) is 5.82 Å². The van der Waals surface area contributed by atoms with E-state index < -0.39 is 11.9 Å². The van der Waals surface area contributed by atoms with Crippen LogP contribution in [0.25, 0.3) is 0 Å². The Bertz CT molecular complexity index is 728. The highest BCUT2D eigenvalue weighted by Gasteiger charge is 2.17. The van der Waals surface area contributed by atoms with E-state index in [1.165, 1.54) is 41.6 Å². The van der Waals surface area contributed by atoms with Crippen molar-refractivity contribution in [3.63, 3.8) is 0 Å². The smallest absolute Gasteiger partial charge is 0.214 e. The minimum atomic E-state index is -0.697. The summed E-state index contributed by atoms with van der Waals surface area (Å²) >= 11 is 0. The molecular weight excluding hydrogens is 371 g/mol. The Labute approximate surface area is 161 Å². The average Bonchev–Trinajstić information content (AvgIpc) is 2.65. The third-order valence-electron chi connectivity index (χ3n) is 3.59. The number of hydrogen-bond donors (Lipinski definition) is 5. The van der Waals surface area contributed by atoms with Crippen LogP contribution < -0.4 is 33.1 Å². The van der Waals surface area contributed by atoms with Gasteiger partial charge < -0.3 is 31.3 Å². The Hall–Kier alpha value is -3.35. The lowest BCUT2D eigenvalue weighted by atomic mass is 10.2. The van der Waals surface area contributed by atoms with Gasteiger partial charge in [-0.05, 0) is 18.2 Å². The average molecular weight is 396 g/mol. The highest BCUT2D eigenvalue weighted by Crippen LogP contribution is 2.24. The van der Waals surface area contributed by atoms with Crippen LogP contribution in [0.4, 0.5) is 15.8 Å². The molecule has 1 aromatic carbocycles. The highest BCUT2D eigenvalue weighted by atomic mass is 19.1. The van der Waals surface area contributed by atoms with E-state index in [0.29, 0.717) is 12.1 Å². The predicted molar refractivity (Wildman–Crippen MR) is 104 cm³/mol. The van der Waals surface area contributed by atoms with Crippen molar-refractivity contribution in [1.82, 2.24) is 5.01 Å². The van der Waals surface area contributed by atoms with Crippen LogP contribution >= 0.6 is 0 Å². The number of amides is 1. The summed E-state index contributed by atoms with van der Waals surface area (Å²) < 4.78 is 19.8. The van der Waals surface area contributed by atoms with Crippen LogP contribution in [0, 0.1) is 5.82 Å². The first-order valence-electron chi connectivity index (χ1n) is 7.98. The van der Waals surface area contributed by atoms with Gasteiger partial charge in [0, 0.05) is 31.4 Å². The molecule has 0 saturated carbocycles. The van der Waals surface area contributed by atoms with Crippen molar-refractivity contribution >= 4 is 24.0 Å². The Balaban J connectivity index is 2.97. The highest BCUT2D eigenvalue weighted by molar-refractivity contribution is 5.78. The van der Waals surface area contributed by atoms with Crippen molar-refractivity contribution in [3.8, 4) is 0 Å². The number of halogens is 1. The SMILES string of the molecule is COC(CN(N)/C=C\N)CN(C=O)c1ccc(N(N)/C=C(N)/C=N/O)c(F)c1. The van der Waals surface area contributed by atoms with E-state index in [1.54, 1.807) is 0 Å². The van der Waals surface area contributed by atoms with Crippen LogP contribution in [-0.2, 0) is 9.53 Å². The molecule has 28 heavy (non-hydrogen) atoms. The van der Waals surface area contributed by atoms with E-state index >= 15 is 0 Å². The number of nitrogens with zero attached hydrogens (tertiary/aromatic N) is 4. The van der Waals surface area contributed by atoms with Crippen molar-refractivity contribution in [1.29, 1.82) is 0 Å². The van der Waals surface area contributed by atoms with Crippen LogP contribution in [0.3, 0.4) is 0 Å². The molecule has 1 rings (SSSR count). The number of anilines is 2. The number of allylic oxidation sites excluding steroid dienone is 1. The molecule has 1 unspecified atom stereocenters. The first-order chi connectivity index (χ1) is 13.4. The number of oxime groups is 1. The third-order valence-corrected chi connectivity index (χ3v) is 3.59. The normalized spacial score (nSPS) is 13.1. The number of hydrogen-bond acceptors (Lipinski definition) is 10. The molecule has 0 bridgehead atoms. The summed E-state index contributed by atoms with van der Waals surface area (Å²) in [5.41, 5.74) is 11.1. The van der Waals surface area contributed by atoms with Gasteiger partial charge in [0.15, 0.2) is 0 Å². The Morgan fingerprint density at radius 3 is 2.64 bits per heavy atom. The summed E-state index contributed by atoms with van der Waals surface area (Å²) in [6.07, 6.45) is 4.91. The van der Waals surface area contributed by atoms with Gasteiger partial charge in [0.2, 0.25) is 6.41 Å². The lowest BCUT2D eigenvalue weighted by Crippen LogP contribution is -2.42. The first kappa shape index (κ1) is 22.7. The summed E-state index contributed by atoms with van der Waals surface area (Å²) in [6.45, 7) is 0.374. The number of methoxy groups -OCH3 is 1. The molecule has 0 spiro atoms. The van der Waals surface area contributed by atoms with Crippen molar-refractivity contribution < 1.29 is 19.1 Å². The van der Waals surface area contributed by atoms with Gasteiger partial charge in [-0.15, -0.1) is 0 Å². The van der Waals surface area contributed by atoms with Gasteiger partial charge in [-0.2, -0.15) is 0 Å². The number of carbonyl (C=O) groups excluding carboxylic acids is 1. The second-order valence-corrected chi connectivity index (χ2v) is 5.57. The molecule has 11 nitrogen and oxygen atoms in total. The molecular formula is C16H25FN8O3. The van der Waals surface area contributed by atoms with Crippen molar-refractivity contribution in [2.45, 2.75) is 6.10 Å². The van der Waals surface area contributed by atoms with Gasteiger partial charge in [-0.1, -0.05) is 5.16 Å². The van der Waals surface area contributed by atoms with E-state index in [2.05, 4.69) is 5.16 Å². The molecule has 12 heteroatoms. The van der Waals surface area contributed by atoms with E-state index in [-0.39, 0.29) is 24.5 Å². The standard InChI is InChI=1S/C16H25FN8O3/c1-28-14(10-24(20)5-4-18)9-23(11-26)13-2-3-16(15(17)6-13)25(21)8-12(19)7-22-27/h2-8,11,14,27H,9-10,18-21H2,1H3/b5-4-,12-8-,22-7+. The lowest BCUT2D eigenvalue weighted by molar-refractivity contribution is -0.107. The number of benzene rings is 1. The second kappa shape index (κ2) is 11.4. The number of nitrogens with two attached hydrogens (primary N) is 4. The van der Waals surface area contributed by atoms with E-state index in [0.717, 1.165) is 23.5 Å². The first-order valence-corrected chi connectivity index (χ1v) is 7.98. The summed E-state index contributed by atoms with van der Waals surface area (Å²) in [5.74, 6) is 10.7. The van der Waals surface area contributed by atoms with Crippen molar-refractivity contribution in [2.24, 2.45) is 28.3 Å². The van der Waals surface area contributed by atoms with Crippen LogP contribution in [0.5, 0.6) is 0 Å². The Morgan fingerprint density at radius 1 is 1.39 bits per heavy atom. The van der Waals surface area contributed by atoms with Crippen LogP contribution in [0.2, 0.25) is 0 Å². The molecule has 1 aromatic rings. The summed E-state index contributed by atoms with van der Waals surface area (Å²) in [4.78, 5) is 12.8. The zero-order valence-electron chi connectivity index (χ0n) is 15.4. The maximum atomic E-state index is 14.5. The van der Waals surface area contributed by atoms with Gasteiger partial charge in [0.05, 0.1) is 36.8 Å². The molecule has 0 aliphatic carbocycles. The van der Waals surface area contributed by atoms with Gasteiger partial charge >= 0.3 is 0 Å². The summed E-state index contributed by atoms with van der Waals surface area (Å²) in [5, 5.41) is 13.4. The Morgan fingerprint density at radius 2 is 2.11 bits per heavy atom. The third kappa shape index (κ3) is 6.75. The second-order valence-electron chi connectivity index (χ2n) is 5.57. The number of ether oxygens (including phenoxy) is 1. The van der Waals surface area contributed by atoms with Crippen LogP contribution in [-0.4, -0.2) is 49.1 Å². The lowest BCUT2D eigenvalue weighted by Gasteiger charge is -2.26. The number of carbonyl (C=O) groups is 1. The molecule has 0 fully saturated rings. The largest absolute Gasteiger partial charge is 0.411 e. The fraction of sp³-hybridized carbons (Fsp3) is 0.250. The molecule has 1 atom stereocenters. The summed E-state index contributed by atoms with van der Waals surface area (Å²) in [7, 11) is 1.47. The van der Waals surface area contributed by atoms with E-state index in [1.807, 2.05) is 0 Å². The summed E-state index contributed by atoms with van der Waals surface area (Å²) in [6, 6.07) is 4.01. The quantitative estimate of drug-likeness (QED) is 0.107. The molecule has 0 aliphatic heterocycles. The fourth-order valence-electron chi connectivity index (χ4n) is 2.26. The molecule has 154 valence electrons. The zero-order chi connectivity index (χ0) is 21.1. The number of hydrazine groups is 2. The molecule has 0 saturated heterocycles. The van der Waals surface area contributed by atoms with Crippen LogP contribution in [0.15, 0.2) is 47.7 Å². The van der Waals surface area contributed by atoms with Crippen molar-refractivity contribution in [2.75, 3.05) is 30.1 Å². The van der Waals surface area contributed by atoms with Crippen molar-refractivity contribution in [3.05, 3.63) is 48.3 Å². The zero-order valence-corrected chi connectivity index (χ0v) is 15.4. The molecule has 0 aliphatic rings. The fourth-order valence-corrected chi connectivity index (χ4v) is 2.26. The molecule has 0 aromatic heterocycles. The topological polar surface area (TPSA) is 173 Å². The maximum absolute atomic E-state index is 14.5. The minimum Gasteiger partial charge on any atom is -0.411 e.